The molecule has 15 heavy (non-hydrogen) atoms. The van der Waals surface area contributed by atoms with Gasteiger partial charge >= 0.3 is 0 Å². The lowest BCUT2D eigenvalue weighted by Gasteiger charge is -1.92. The number of halogens is 2. The predicted octanol–water partition coefficient (Wildman–Crippen LogP) is 3.93. The van der Waals surface area contributed by atoms with E-state index in [1.54, 1.807) is 19.1 Å². The van der Waals surface area contributed by atoms with Crippen LogP contribution in [0.15, 0.2) is 27.1 Å². The van der Waals surface area contributed by atoms with Crippen molar-refractivity contribution in [3.05, 3.63) is 34.2 Å². The molecule has 0 bridgehead atoms. The molecule has 1 heterocycles. The summed E-state index contributed by atoms with van der Waals surface area (Å²) in [6.07, 6.45) is 0.378. The zero-order valence-electron chi connectivity index (χ0n) is 8.01. The van der Waals surface area contributed by atoms with Crippen molar-refractivity contribution < 1.29 is 13.6 Å². The number of carbonyl (C=O) groups is 1. The Labute approximate surface area is 94.2 Å². The van der Waals surface area contributed by atoms with E-state index < -0.39 is 5.82 Å². The molecule has 4 heteroatoms. The smallest absolute Gasteiger partial charge is 0.197 e. The third-order valence-electron chi connectivity index (χ3n) is 2.16. The average molecular weight is 271 g/mol. The van der Waals surface area contributed by atoms with Crippen LogP contribution in [0.1, 0.15) is 23.9 Å². The molecule has 0 saturated heterocycles. The fourth-order valence-electron chi connectivity index (χ4n) is 1.35. The Hall–Kier alpha value is -1.16. The second-order valence-electron chi connectivity index (χ2n) is 3.19. The van der Waals surface area contributed by atoms with Crippen molar-refractivity contribution in [2.75, 3.05) is 0 Å². The number of hydrogen-bond acceptors (Lipinski definition) is 2. The summed E-state index contributed by atoms with van der Waals surface area (Å²) in [5.41, 5.74) is 0.396. The van der Waals surface area contributed by atoms with Gasteiger partial charge < -0.3 is 4.42 Å². The number of rotatable bonds is 2. The second kappa shape index (κ2) is 3.77. The molecule has 0 saturated carbocycles. The molecule has 1 aromatic heterocycles. The van der Waals surface area contributed by atoms with Crippen LogP contribution in [-0.2, 0) is 0 Å². The molecule has 0 fully saturated rings. The number of Topliss-reactive ketones (excluding diaryl/α,β-unsaturated/α-hetero) is 1. The highest BCUT2D eigenvalue weighted by atomic mass is 79.9. The highest BCUT2D eigenvalue weighted by Gasteiger charge is 2.12. The molecule has 0 unspecified atom stereocenters. The zero-order valence-corrected chi connectivity index (χ0v) is 9.60. The van der Waals surface area contributed by atoms with Crippen molar-refractivity contribution in [2.45, 2.75) is 13.3 Å². The van der Waals surface area contributed by atoms with Crippen molar-refractivity contribution in [3.63, 3.8) is 0 Å². The molecule has 0 aliphatic heterocycles. The van der Waals surface area contributed by atoms with Gasteiger partial charge in [-0.05, 0) is 28.1 Å². The molecule has 0 aliphatic rings. The lowest BCUT2D eigenvalue weighted by Crippen LogP contribution is -1.92. The summed E-state index contributed by atoms with van der Waals surface area (Å²) in [6, 6.07) is 4.50. The van der Waals surface area contributed by atoms with Gasteiger partial charge in [-0.25, -0.2) is 4.39 Å². The van der Waals surface area contributed by atoms with Crippen molar-refractivity contribution in [1.29, 1.82) is 0 Å². The largest absolute Gasteiger partial charge is 0.453 e. The van der Waals surface area contributed by atoms with Gasteiger partial charge in [-0.1, -0.05) is 6.92 Å². The molecule has 0 spiro atoms. The minimum atomic E-state index is -0.396. The molecule has 0 radical (unpaired) electrons. The van der Waals surface area contributed by atoms with Crippen LogP contribution in [0, 0.1) is 5.82 Å². The molecule has 78 valence electrons. The second-order valence-corrected chi connectivity index (χ2v) is 4.05. The van der Waals surface area contributed by atoms with Gasteiger partial charge in [0, 0.05) is 17.9 Å². The maximum absolute atomic E-state index is 13.1. The van der Waals surface area contributed by atoms with Crippen LogP contribution in [0.4, 0.5) is 4.39 Å². The summed E-state index contributed by atoms with van der Waals surface area (Å²) in [4.78, 5) is 11.4. The van der Waals surface area contributed by atoms with Gasteiger partial charge in [-0.2, -0.15) is 0 Å². The molecular formula is C11H8BrFO2. The fourth-order valence-corrected chi connectivity index (χ4v) is 1.71. The van der Waals surface area contributed by atoms with Gasteiger partial charge in [-0.3, -0.25) is 4.79 Å². The van der Waals surface area contributed by atoms with E-state index in [0.29, 0.717) is 16.5 Å². The topological polar surface area (TPSA) is 30.2 Å². The molecule has 2 rings (SSSR count). The minimum absolute atomic E-state index is 0.0808. The Morgan fingerprint density at radius 3 is 2.87 bits per heavy atom. The summed E-state index contributed by atoms with van der Waals surface area (Å²) in [5.74, 6) is -0.194. The Kier molecular flexibility index (Phi) is 2.61. The lowest BCUT2D eigenvalue weighted by molar-refractivity contribution is 0.0963. The third kappa shape index (κ3) is 1.81. The molecule has 2 nitrogen and oxygen atoms in total. The van der Waals surface area contributed by atoms with E-state index in [4.69, 9.17) is 4.42 Å². The molecule has 0 aliphatic carbocycles. The quantitative estimate of drug-likeness (QED) is 0.775. The lowest BCUT2D eigenvalue weighted by atomic mass is 10.2. The monoisotopic (exact) mass is 270 g/mol. The first-order valence-electron chi connectivity index (χ1n) is 4.53. The highest BCUT2D eigenvalue weighted by Crippen LogP contribution is 2.26. The summed E-state index contributed by atoms with van der Waals surface area (Å²) >= 11 is 3.08. The van der Waals surface area contributed by atoms with E-state index in [9.17, 15) is 9.18 Å². The molecule has 1 aromatic carbocycles. The molecular weight excluding hydrogens is 263 g/mol. The summed E-state index contributed by atoms with van der Waals surface area (Å²) in [7, 11) is 0. The van der Waals surface area contributed by atoms with Crippen LogP contribution in [0.5, 0.6) is 0 Å². The van der Waals surface area contributed by atoms with E-state index in [1.807, 2.05) is 0 Å². The Morgan fingerprint density at radius 2 is 2.20 bits per heavy atom. The average Bonchev–Trinajstić information content (AvgIpc) is 2.60. The number of benzene rings is 1. The first-order chi connectivity index (χ1) is 7.11. The van der Waals surface area contributed by atoms with Gasteiger partial charge in [0.1, 0.15) is 11.4 Å². The predicted molar refractivity (Wildman–Crippen MR) is 58.5 cm³/mol. The molecule has 0 N–H and O–H groups in total. The SMILES string of the molecule is CCC(=O)c1cc2cc(Br)c(F)cc2o1. The maximum atomic E-state index is 13.1. The number of furan rings is 1. The van der Waals surface area contributed by atoms with E-state index >= 15 is 0 Å². The zero-order chi connectivity index (χ0) is 11.0. The standard InChI is InChI=1S/C11H8BrFO2/c1-2-9(14)11-4-6-3-7(12)8(13)5-10(6)15-11/h3-5H,2H2,1H3. The number of carbonyl (C=O) groups excluding carboxylic acids is 1. The van der Waals surface area contributed by atoms with E-state index in [1.165, 1.54) is 6.07 Å². The van der Waals surface area contributed by atoms with Gasteiger partial charge in [-0.15, -0.1) is 0 Å². The van der Waals surface area contributed by atoms with Gasteiger partial charge in [0.05, 0.1) is 4.47 Å². The fraction of sp³-hybridized carbons (Fsp3) is 0.182. The summed E-state index contributed by atoms with van der Waals surface area (Å²) in [6.45, 7) is 1.76. The van der Waals surface area contributed by atoms with E-state index in [0.717, 1.165) is 5.39 Å². The van der Waals surface area contributed by atoms with Crippen LogP contribution in [0.3, 0.4) is 0 Å². The highest BCUT2D eigenvalue weighted by molar-refractivity contribution is 9.10. The van der Waals surface area contributed by atoms with Crippen molar-refractivity contribution in [3.8, 4) is 0 Å². The molecule has 0 atom stereocenters. The van der Waals surface area contributed by atoms with Gasteiger partial charge in [0.2, 0.25) is 0 Å². The number of hydrogen-bond donors (Lipinski definition) is 0. The maximum Gasteiger partial charge on any atom is 0.197 e. The van der Waals surface area contributed by atoms with E-state index in [-0.39, 0.29) is 11.5 Å². The summed E-state index contributed by atoms with van der Waals surface area (Å²) in [5, 5.41) is 0.722. The van der Waals surface area contributed by atoms with Crippen molar-refractivity contribution >= 4 is 32.7 Å². The van der Waals surface area contributed by atoms with Crippen LogP contribution < -0.4 is 0 Å². The van der Waals surface area contributed by atoms with Crippen molar-refractivity contribution in [1.82, 2.24) is 0 Å². The van der Waals surface area contributed by atoms with Crippen LogP contribution in [0.2, 0.25) is 0 Å². The molecule has 0 amide bonds. The van der Waals surface area contributed by atoms with E-state index in [2.05, 4.69) is 15.9 Å². The van der Waals surface area contributed by atoms with Crippen molar-refractivity contribution in [2.24, 2.45) is 0 Å². The molecule has 2 aromatic rings. The van der Waals surface area contributed by atoms with Gasteiger partial charge in [0.25, 0.3) is 0 Å². The number of fused-ring (bicyclic) bond motifs is 1. The minimum Gasteiger partial charge on any atom is -0.453 e. The Balaban J connectivity index is 2.61. The number of ketones is 1. The Bertz CT molecular complexity index is 492. The Morgan fingerprint density at radius 1 is 1.47 bits per heavy atom. The van der Waals surface area contributed by atoms with Gasteiger partial charge in [0.15, 0.2) is 11.5 Å². The first-order valence-corrected chi connectivity index (χ1v) is 5.33. The van der Waals surface area contributed by atoms with Crippen LogP contribution in [0.25, 0.3) is 11.0 Å². The first kappa shape index (κ1) is 10.4. The van der Waals surface area contributed by atoms with Crippen LogP contribution in [-0.4, -0.2) is 5.78 Å². The van der Waals surface area contributed by atoms with Crippen LogP contribution >= 0.6 is 15.9 Å². The third-order valence-corrected chi connectivity index (χ3v) is 2.76. The summed E-state index contributed by atoms with van der Waals surface area (Å²) < 4.78 is 18.8. The normalized spacial score (nSPS) is 10.9.